The summed E-state index contributed by atoms with van der Waals surface area (Å²) >= 11 is 0. The first-order chi connectivity index (χ1) is 13.7. The van der Waals surface area contributed by atoms with E-state index < -0.39 is 29.9 Å². The highest BCUT2D eigenvalue weighted by atomic mass is 16.5. The smallest absolute Gasteiger partial charge is 0.355 e. The van der Waals surface area contributed by atoms with E-state index in [-0.39, 0.29) is 51.2 Å². The standard InChI is InChI=1S/C19H29N3O7/c1-4-27-15(24)8-7-11-12(9-16(25)28-5-2)18(19(26)29-6-3)22-17(11)13(20)10-14(21)23/h13,22H,4-10,20H2,1-3H3,(H2,21,23). The molecule has 0 saturated heterocycles. The van der Waals surface area contributed by atoms with Crippen molar-refractivity contribution in [2.45, 2.75) is 52.5 Å². The Morgan fingerprint density at radius 3 is 2.07 bits per heavy atom. The van der Waals surface area contributed by atoms with Crippen LogP contribution in [0.5, 0.6) is 0 Å². The number of carbonyl (C=O) groups is 4. The van der Waals surface area contributed by atoms with Gasteiger partial charge in [0, 0.05) is 18.5 Å². The molecule has 0 aliphatic rings. The third kappa shape index (κ3) is 7.22. The van der Waals surface area contributed by atoms with E-state index in [0.717, 1.165) is 0 Å². The second-order valence-corrected chi connectivity index (χ2v) is 6.16. The van der Waals surface area contributed by atoms with Crippen LogP contribution in [0, 0.1) is 0 Å². The van der Waals surface area contributed by atoms with Gasteiger partial charge in [-0.25, -0.2) is 4.79 Å². The van der Waals surface area contributed by atoms with Crippen molar-refractivity contribution in [3.63, 3.8) is 0 Å². The molecule has 0 bridgehead atoms. The van der Waals surface area contributed by atoms with E-state index in [1.807, 2.05) is 0 Å². The second kappa shape index (κ2) is 11.8. The van der Waals surface area contributed by atoms with Gasteiger partial charge in [-0.1, -0.05) is 0 Å². The van der Waals surface area contributed by atoms with Crippen LogP contribution in [0.25, 0.3) is 0 Å². The number of hydrogen-bond acceptors (Lipinski definition) is 8. The quantitative estimate of drug-likeness (QED) is 0.333. The molecule has 0 aromatic carbocycles. The normalized spacial score (nSPS) is 11.6. The van der Waals surface area contributed by atoms with Gasteiger partial charge < -0.3 is 30.7 Å². The zero-order valence-electron chi connectivity index (χ0n) is 17.0. The maximum absolute atomic E-state index is 12.4. The number of primary amides is 1. The van der Waals surface area contributed by atoms with Crippen molar-refractivity contribution >= 4 is 23.8 Å². The summed E-state index contributed by atoms with van der Waals surface area (Å²) < 4.78 is 15.0. The van der Waals surface area contributed by atoms with Crippen molar-refractivity contribution in [1.82, 2.24) is 4.98 Å². The number of aromatic amines is 1. The van der Waals surface area contributed by atoms with E-state index in [9.17, 15) is 19.2 Å². The summed E-state index contributed by atoms with van der Waals surface area (Å²) in [5.74, 6) is -2.30. The highest BCUT2D eigenvalue weighted by molar-refractivity contribution is 5.92. The van der Waals surface area contributed by atoms with Crippen molar-refractivity contribution in [2.75, 3.05) is 19.8 Å². The average molecular weight is 411 g/mol. The van der Waals surface area contributed by atoms with Crippen molar-refractivity contribution in [3.05, 3.63) is 22.5 Å². The molecule has 0 radical (unpaired) electrons. The minimum Gasteiger partial charge on any atom is -0.466 e. The van der Waals surface area contributed by atoms with Crippen molar-refractivity contribution in [2.24, 2.45) is 11.5 Å². The molecule has 1 atom stereocenters. The number of amides is 1. The van der Waals surface area contributed by atoms with E-state index in [1.54, 1.807) is 20.8 Å². The number of carbonyl (C=O) groups excluding carboxylic acids is 4. The van der Waals surface area contributed by atoms with Crippen molar-refractivity contribution in [1.29, 1.82) is 0 Å². The van der Waals surface area contributed by atoms with Crippen LogP contribution in [0.4, 0.5) is 0 Å². The Labute approximate surface area is 169 Å². The molecule has 10 nitrogen and oxygen atoms in total. The number of aromatic nitrogens is 1. The Balaban J connectivity index is 3.42. The van der Waals surface area contributed by atoms with E-state index >= 15 is 0 Å². The number of hydrogen-bond donors (Lipinski definition) is 3. The molecule has 0 aliphatic heterocycles. The molecule has 0 spiro atoms. The molecule has 5 N–H and O–H groups in total. The predicted molar refractivity (Wildman–Crippen MR) is 103 cm³/mol. The fourth-order valence-corrected chi connectivity index (χ4v) is 2.91. The summed E-state index contributed by atoms with van der Waals surface area (Å²) in [6, 6.07) is -0.853. The number of nitrogens with two attached hydrogens (primary N) is 2. The lowest BCUT2D eigenvalue weighted by molar-refractivity contribution is -0.143. The van der Waals surface area contributed by atoms with Gasteiger partial charge in [-0.3, -0.25) is 14.4 Å². The zero-order chi connectivity index (χ0) is 22.0. The molecular formula is C19H29N3O7. The van der Waals surface area contributed by atoms with Gasteiger partial charge >= 0.3 is 17.9 Å². The summed E-state index contributed by atoms with van der Waals surface area (Å²) in [6.45, 7) is 5.52. The SMILES string of the molecule is CCOC(=O)CCc1c(C(N)CC(N)=O)[nH]c(C(=O)OCC)c1CC(=O)OCC. The third-order valence-corrected chi connectivity index (χ3v) is 4.03. The van der Waals surface area contributed by atoms with Crippen LogP contribution in [0.15, 0.2) is 0 Å². The van der Waals surface area contributed by atoms with Gasteiger partial charge in [0.2, 0.25) is 5.91 Å². The topological polar surface area (TPSA) is 164 Å². The Morgan fingerprint density at radius 2 is 1.52 bits per heavy atom. The van der Waals surface area contributed by atoms with Gasteiger partial charge in [-0.2, -0.15) is 0 Å². The lowest BCUT2D eigenvalue weighted by atomic mass is 9.97. The summed E-state index contributed by atoms with van der Waals surface area (Å²) in [6.07, 6.45) is -0.265. The van der Waals surface area contributed by atoms with Gasteiger partial charge in [-0.05, 0) is 38.3 Å². The van der Waals surface area contributed by atoms with Gasteiger partial charge in [0.1, 0.15) is 5.69 Å². The second-order valence-electron chi connectivity index (χ2n) is 6.16. The van der Waals surface area contributed by atoms with Gasteiger partial charge in [0.25, 0.3) is 0 Å². The van der Waals surface area contributed by atoms with Crippen LogP contribution < -0.4 is 11.5 Å². The largest absolute Gasteiger partial charge is 0.466 e. The Bertz CT molecular complexity index is 742. The fourth-order valence-electron chi connectivity index (χ4n) is 2.91. The number of nitrogens with one attached hydrogen (secondary N) is 1. The molecule has 1 aromatic heterocycles. The molecule has 29 heavy (non-hydrogen) atoms. The minimum absolute atomic E-state index is 0.0000750. The van der Waals surface area contributed by atoms with Gasteiger partial charge in [-0.15, -0.1) is 0 Å². The van der Waals surface area contributed by atoms with Gasteiger partial charge in [0.05, 0.1) is 32.3 Å². The molecule has 0 aliphatic carbocycles. The summed E-state index contributed by atoms with van der Waals surface area (Å²) in [5.41, 5.74) is 12.5. The molecule has 10 heteroatoms. The first kappa shape index (κ1) is 24.2. The van der Waals surface area contributed by atoms with Crippen LogP contribution in [0.3, 0.4) is 0 Å². The molecule has 1 amide bonds. The Morgan fingerprint density at radius 1 is 0.931 bits per heavy atom. The van der Waals surface area contributed by atoms with Crippen LogP contribution in [0.1, 0.15) is 67.0 Å². The molecular weight excluding hydrogens is 382 g/mol. The maximum atomic E-state index is 12.4. The Kier molecular flexibility index (Phi) is 9.87. The highest BCUT2D eigenvalue weighted by Crippen LogP contribution is 2.28. The lowest BCUT2D eigenvalue weighted by Crippen LogP contribution is -2.22. The number of H-pyrrole nitrogens is 1. The minimum atomic E-state index is -0.853. The molecule has 162 valence electrons. The van der Waals surface area contributed by atoms with Crippen molar-refractivity contribution < 1.29 is 33.4 Å². The van der Waals surface area contributed by atoms with E-state index in [4.69, 9.17) is 25.7 Å². The molecule has 1 rings (SSSR count). The van der Waals surface area contributed by atoms with Crippen molar-refractivity contribution in [3.8, 4) is 0 Å². The fraction of sp³-hybridized carbons (Fsp3) is 0.579. The monoisotopic (exact) mass is 411 g/mol. The molecule has 1 heterocycles. The molecule has 0 fully saturated rings. The first-order valence-corrected chi connectivity index (χ1v) is 9.50. The van der Waals surface area contributed by atoms with Crippen LogP contribution in [-0.4, -0.2) is 48.6 Å². The molecule has 1 unspecified atom stereocenters. The number of ether oxygens (including phenoxy) is 3. The summed E-state index contributed by atoms with van der Waals surface area (Å²) in [5, 5.41) is 0. The predicted octanol–water partition coefficient (Wildman–Crippen LogP) is 0.668. The van der Waals surface area contributed by atoms with Gasteiger partial charge in [0.15, 0.2) is 0 Å². The first-order valence-electron chi connectivity index (χ1n) is 9.50. The number of esters is 3. The highest BCUT2D eigenvalue weighted by Gasteiger charge is 2.28. The molecule has 1 aromatic rings. The zero-order valence-corrected chi connectivity index (χ0v) is 17.0. The third-order valence-electron chi connectivity index (χ3n) is 4.03. The maximum Gasteiger partial charge on any atom is 0.355 e. The van der Waals surface area contributed by atoms with E-state index in [2.05, 4.69) is 4.98 Å². The van der Waals surface area contributed by atoms with E-state index in [1.165, 1.54) is 0 Å². The number of rotatable bonds is 12. The summed E-state index contributed by atoms with van der Waals surface area (Å²) in [4.78, 5) is 50.6. The summed E-state index contributed by atoms with van der Waals surface area (Å²) in [7, 11) is 0. The molecule has 0 saturated carbocycles. The Hall–Kier alpha value is -2.88. The van der Waals surface area contributed by atoms with Crippen LogP contribution in [0.2, 0.25) is 0 Å². The lowest BCUT2D eigenvalue weighted by Gasteiger charge is -2.12. The van der Waals surface area contributed by atoms with E-state index in [0.29, 0.717) is 16.8 Å². The van der Waals surface area contributed by atoms with Crippen LogP contribution in [-0.2, 0) is 41.4 Å². The average Bonchev–Trinajstić information content (AvgIpc) is 2.98. The van der Waals surface area contributed by atoms with Crippen LogP contribution >= 0.6 is 0 Å².